The Kier molecular flexibility index (Phi) is 8.89. The molecule has 0 aromatic heterocycles. The maximum absolute atomic E-state index is 12.6. The maximum atomic E-state index is 12.6. The van der Waals surface area contributed by atoms with Crippen molar-refractivity contribution in [3.63, 3.8) is 0 Å². The van der Waals surface area contributed by atoms with E-state index in [0.717, 1.165) is 49.9 Å². The van der Waals surface area contributed by atoms with Crippen molar-refractivity contribution in [2.24, 2.45) is 5.92 Å². The van der Waals surface area contributed by atoms with E-state index >= 15 is 0 Å². The molecule has 0 radical (unpaired) electrons. The number of halogens is 3. The Morgan fingerprint density at radius 1 is 0.829 bits per heavy atom. The third-order valence-corrected chi connectivity index (χ3v) is 6.34. The van der Waals surface area contributed by atoms with Gasteiger partial charge in [-0.15, -0.1) is 0 Å². The summed E-state index contributed by atoms with van der Waals surface area (Å²) in [5.74, 6) is -0.186. The Morgan fingerprint density at radius 2 is 1.31 bits per heavy atom. The fourth-order valence-corrected chi connectivity index (χ4v) is 4.29. The molecular weight excluding hydrogens is 461 g/mol. The van der Waals surface area contributed by atoms with Gasteiger partial charge in [0.05, 0.1) is 12.7 Å². The number of methoxy groups -OCH3 is 1. The van der Waals surface area contributed by atoms with Gasteiger partial charge in [-0.1, -0.05) is 12.1 Å². The molecule has 9 heteroatoms. The van der Waals surface area contributed by atoms with Crippen molar-refractivity contribution in [1.82, 2.24) is 10.6 Å². The maximum Gasteiger partial charge on any atom is 0.416 e. The minimum Gasteiger partial charge on any atom is -0.469 e. The van der Waals surface area contributed by atoms with Crippen LogP contribution in [0.2, 0.25) is 0 Å². The van der Waals surface area contributed by atoms with Gasteiger partial charge in [-0.05, 0) is 79.5 Å². The lowest BCUT2D eigenvalue weighted by atomic mass is 9.77. The van der Waals surface area contributed by atoms with Gasteiger partial charge in [0, 0.05) is 30.6 Å². The lowest BCUT2D eigenvalue weighted by molar-refractivity contribution is -0.142. The number of carbonyl (C=O) groups is 3. The molecule has 0 aliphatic heterocycles. The van der Waals surface area contributed by atoms with Crippen LogP contribution in [0.15, 0.2) is 48.5 Å². The van der Waals surface area contributed by atoms with E-state index in [9.17, 15) is 27.6 Å². The molecule has 2 aromatic rings. The average molecular weight is 491 g/mol. The zero-order chi connectivity index (χ0) is 25.4. The quantitative estimate of drug-likeness (QED) is 0.415. The number of amides is 2. The number of hydrogen-bond acceptors (Lipinski definition) is 4. The summed E-state index contributed by atoms with van der Waals surface area (Å²) in [5, 5.41) is 5.29. The highest BCUT2D eigenvalue weighted by Gasteiger charge is 2.30. The number of rotatable bonds is 8. The second kappa shape index (κ2) is 11.9. The Labute approximate surface area is 202 Å². The summed E-state index contributed by atoms with van der Waals surface area (Å²) in [6.45, 7) is 0.315. The lowest BCUT2D eigenvalue weighted by Gasteiger charge is -2.28. The van der Waals surface area contributed by atoms with E-state index in [1.807, 2.05) is 12.1 Å². The van der Waals surface area contributed by atoms with Gasteiger partial charge < -0.3 is 15.4 Å². The van der Waals surface area contributed by atoms with Gasteiger partial charge >= 0.3 is 12.1 Å². The highest BCUT2D eigenvalue weighted by Crippen LogP contribution is 2.37. The smallest absolute Gasteiger partial charge is 0.416 e. The van der Waals surface area contributed by atoms with Gasteiger partial charge in [-0.2, -0.15) is 13.2 Å². The number of benzene rings is 2. The van der Waals surface area contributed by atoms with E-state index < -0.39 is 17.6 Å². The minimum absolute atomic E-state index is 0.110. The Morgan fingerprint density at radius 3 is 1.77 bits per heavy atom. The molecule has 0 bridgehead atoms. The number of carbonyl (C=O) groups excluding carboxylic acids is 3. The van der Waals surface area contributed by atoms with Crippen LogP contribution in [0.1, 0.15) is 69.9 Å². The van der Waals surface area contributed by atoms with Crippen LogP contribution in [0.3, 0.4) is 0 Å². The van der Waals surface area contributed by atoms with Gasteiger partial charge in [-0.3, -0.25) is 14.4 Å². The van der Waals surface area contributed by atoms with Crippen LogP contribution in [-0.4, -0.2) is 38.0 Å². The predicted molar refractivity (Wildman–Crippen MR) is 124 cm³/mol. The summed E-state index contributed by atoms with van der Waals surface area (Å²) in [6.07, 6.45) is -0.0616. The number of hydrogen-bond donors (Lipinski definition) is 2. The standard InChI is InChI=1S/C26H29F3N2O4/c1-35-23(32)16-17-2-4-18(5-3-17)19-6-8-20(9-7-19)24(33)30-14-15-31-25(34)21-10-12-22(13-11-21)26(27,28)29/h6-13,17-18H,2-5,14-16H2,1H3,(H,30,33)(H,31,34). The topological polar surface area (TPSA) is 84.5 Å². The van der Waals surface area contributed by atoms with Crippen molar-refractivity contribution < 1.29 is 32.3 Å². The summed E-state index contributed by atoms with van der Waals surface area (Å²) in [7, 11) is 1.41. The molecular formula is C26H29F3N2O4. The van der Waals surface area contributed by atoms with Crippen molar-refractivity contribution in [2.75, 3.05) is 20.2 Å². The van der Waals surface area contributed by atoms with Crippen LogP contribution < -0.4 is 10.6 Å². The van der Waals surface area contributed by atoms with Crippen molar-refractivity contribution in [2.45, 2.75) is 44.2 Å². The van der Waals surface area contributed by atoms with E-state index in [-0.39, 0.29) is 30.5 Å². The first-order chi connectivity index (χ1) is 16.7. The normalized spacial score (nSPS) is 17.9. The molecule has 0 spiro atoms. The highest BCUT2D eigenvalue weighted by molar-refractivity contribution is 5.95. The van der Waals surface area contributed by atoms with Crippen LogP contribution in [0, 0.1) is 5.92 Å². The summed E-state index contributed by atoms with van der Waals surface area (Å²) in [6, 6.07) is 11.4. The van der Waals surface area contributed by atoms with Crippen molar-refractivity contribution in [3.8, 4) is 0 Å². The third-order valence-electron chi connectivity index (χ3n) is 6.34. The Bertz CT molecular complexity index is 1010. The number of nitrogens with one attached hydrogen (secondary N) is 2. The molecule has 0 atom stereocenters. The molecule has 188 valence electrons. The lowest BCUT2D eigenvalue weighted by Crippen LogP contribution is -2.34. The van der Waals surface area contributed by atoms with E-state index in [1.165, 1.54) is 12.7 Å². The van der Waals surface area contributed by atoms with Crippen LogP contribution >= 0.6 is 0 Å². The average Bonchev–Trinajstić information content (AvgIpc) is 2.86. The van der Waals surface area contributed by atoms with E-state index in [1.54, 1.807) is 12.1 Å². The second-order valence-corrected chi connectivity index (χ2v) is 8.71. The summed E-state index contributed by atoms with van der Waals surface area (Å²) in [4.78, 5) is 35.9. The molecule has 0 heterocycles. The SMILES string of the molecule is COC(=O)CC1CCC(c2ccc(C(=O)NCCNC(=O)c3ccc(C(F)(F)F)cc3)cc2)CC1. The zero-order valence-corrected chi connectivity index (χ0v) is 19.5. The number of esters is 1. The molecule has 1 fully saturated rings. The van der Waals surface area contributed by atoms with Gasteiger partial charge in [-0.25, -0.2) is 0 Å². The van der Waals surface area contributed by atoms with Crippen LogP contribution in [0.5, 0.6) is 0 Å². The first-order valence-electron chi connectivity index (χ1n) is 11.6. The van der Waals surface area contributed by atoms with Gasteiger partial charge in [0.25, 0.3) is 11.8 Å². The summed E-state index contributed by atoms with van der Waals surface area (Å²) >= 11 is 0. The Hall–Kier alpha value is -3.36. The predicted octanol–water partition coefficient (Wildman–Crippen LogP) is 4.70. The minimum atomic E-state index is -4.46. The van der Waals surface area contributed by atoms with E-state index in [0.29, 0.717) is 23.8 Å². The highest BCUT2D eigenvalue weighted by atomic mass is 19.4. The molecule has 3 rings (SSSR count). The Balaban J connectivity index is 1.40. The molecule has 2 amide bonds. The molecule has 1 saturated carbocycles. The fourth-order valence-electron chi connectivity index (χ4n) is 4.29. The first kappa shape index (κ1) is 26.2. The molecule has 6 nitrogen and oxygen atoms in total. The zero-order valence-electron chi connectivity index (χ0n) is 19.5. The first-order valence-corrected chi connectivity index (χ1v) is 11.6. The molecule has 2 aromatic carbocycles. The van der Waals surface area contributed by atoms with Gasteiger partial charge in [0.15, 0.2) is 0 Å². The van der Waals surface area contributed by atoms with Crippen molar-refractivity contribution in [3.05, 3.63) is 70.8 Å². The van der Waals surface area contributed by atoms with Gasteiger partial charge in [0.1, 0.15) is 0 Å². The number of alkyl halides is 3. The largest absolute Gasteiger partial charge is 0.469 e. The summed E-state index contributed by atoms with van der Waals surface area (Å²) in [5.41, 5.74) is 0.960. The molecule has 2 N–H and O–H groups in total. The monoisotopic (exact) mass is 490 g/mol. The fraction of sp³-hybridized carbons (Fsp3) is 0.423. The van der Waals surface area contributed by atoms with Gasteiger partial charge in [0.2, 0.25) is 0 Å². The molecule has 0 saturated heterocycles. The third kappa shape index (κ3) is 7.56. The van der Waals surface area contributed by atoms with Crippen LogP contribution in [-0.2, 0) is 15.7 Å². The number of ether oxygens (including phenoxy) is 1. The van der Waals surface area contributed by atoms with Crippen molar-refractivity contribution in [1.29, 1.82) is 0 Å². The molecule has 1 aliphatic rings. The van der Waals surface area contributed by atoms with Crippen LogP contribution in [0.25, 0.3) is 0 Å². The van der Waals surface area contributed by atoms with Crippen LogP contribution in [0.4, 0.5) is 13.2 Å². The molecule has 0 unspecified atom stereocenters. The van der Waals surface area contributed by atoms with E-state index in [2.05, 4.69) is 10.6 Å². The second-order valence-electron chi connectivity index (χ2n) is 8.71. The van der Waals surface area contributed by atoms with Crippen molar-refractivity contribution >= 4 is 17.8 Å². The van der Waals surface area contributed by atoms with E-state index in [4.69, 9.17) is 4.74 Å². The summed E-state index contributed by atoms with van der Waals surface area (Å²) < 4.78 is 42.6. The molecule has 1 aliphatic carbocycles. The molecule has 35 heavy (non-hydrogen) atoms.